The van der Waals surface area contributed by atoms with Gasteiger partial charge in [0.25, 0.3) is 5.91 Å². The van der Waals surface area contributed by atoms with Gasteiger partial charge >= 0.3 is 0 Å². The molecule has 0 aliphatic carbocycles. The molecule has 2 heterocycles. The largest absolute Gasteiger partial charge is 0.327 e. The highest BCUT2D eigenvalue weighted by molar-refractivity contribution is 6.02. The average molecular weight is 402 g/mol. The molecule has 4 rings (SSSR count). The van der Waals surface area contributed by atoms with E-state index in [2.05, 4.69) is 5.10 Å². The molecule has 0 spiro atoms. The minimum absolute atomic E-state index is 0.0596. The maximum absolute atomic E-state index is 13.1. The number of aromatic nitrogens is 2. The van der Waals surface area contributed by atoms with E-state index in [1.165, 1.54) is 0 Å². The Kier molecular flexibility index (Phi) is 5.16. The van der Waals surface area contributed by atoms with Crippen LogP contribution < -0.4 is 4.90 Å². The number of anilines is 1. The standard InChI is InChI=1S/C24H26N4O2/c1-16-7-5-6-8-22(16)27-19(4)14-26(15-23(27)29)24(30)20-9-11-21(12-10-20)28-18(3)13-17(2)25-28/h5-13,19H,14-15H2,1-4H3. The van der Waals surface area contributed by atoms with Crippen molar-refractivity contribution in [2.45, 2.75) is 33.7 Å². The Hall–Kier alpha value is -3.41. The molecular weight excluding hydrogens is 376 g/mol. The van der Waals surface area contributed by atoms with E-state index >= 15 is 0 Å². The molecule has 1 aromatic heterocycles. The molecule has 0 saturated carbocycles. The zero-order chi connectivity index (χ0) is 21.4. The van der Waals surface area contributed by atoms with Gasteiger partial charge in [-0.2, -0.15) is 5.10 Å². The summed E-state index contributed by atoms with van der Waals surface area (Å²) in [6, 6.07) is 17.2. The highest BCUT2D eigenvalue weighted by atomic mass is 16.2. The second kappa shape index (κ2) is 7.78. The van der Waals surface area contributed by atoms with E-state index in [-0.39, 0.29) is 24.4 Å². The van der Waals surface area contributed by atoms with Crippen molar-refractivity contribution in [3.63, 3.8) is 0 Å². The van der Waals surface area contributed by atoms with Crippen LogP contribution in [0, 0.1) is 20.8 Å². The van der Waals surface area contributed by atoms with Gasteiger partial charge in [0, 0.05) is 23.5 Å². The van der Waals surface area contributed by atoms with Crippen LogP contribution in [0.2, 0.25) is 0 Å². The zero-order valence-electron chi connectivity index (χ0n) is 17.8. The summed E-state index contributed by atoms with van der Waals surface area (Å²) in [5, 5.41) is 4.48. The number of rotatable bonds is 3. The summed E-state index contributed by atoms with van der Waals surface area (Å²) in [5.41, 5.74) is 5.44. The number of benzene rings is 2. The second-order valence-corrected chi connectivity index (χ2v) is 7.97. The predicted octanol–water partition coefficient (Wildman–Crippen LogP) is 3.68. The fourth-order valence-corrected chi connectivity index (χ4v) is 4.13. The Morgan fingerprint density at radius 2 is 1.73 bits per heavy atom. The van der Waals surface area contributed by atoms with Crippen molar-refractivity contribution in [1.82, 2.24) is 14.7 Å². The number of hydrogen-bond acceptors (Lipinski definition) is 3. The molecule has 0 N–H and O–H groups in total. The summed E-state index contributed by atoms with van der Waals surface area (Å²) in [6.07, 6.45) is 0. The van der Waals surface area contributed by atoms with Crippen molar-refractivity contribution in [3.05, 3.63) is 77.1 Å². The van der Waals surface area contributed by atoms with Gasteiger partial charge < -0.3 is 9.80 Å². The molecule has 0 bridgehead atoms. The fourth-order valence-electron chi connectivity index (χ4n) is 4.13. The van der Waals surface area contributed by atoms with Crippen LogP contribution >= 0.6 is 0 Å². The molecular formula is C24H26N4O2. The number of carbonyl (C=O) groups excluding carboxylic acids is 2. The van der Waals surface area contributed by atoms with Crippen LogP contribution in [-0.4, -0.2) is 45.6 Å². The Balaban J connectivity index is 1.51. The molecule has 30 heavy (non-hydrogen) atoms. The molecule has 1 aliphatic rings. The molecule has 1 unspecified atom stereocenters. The molecule has 3 aromatic rings. The lowest BCUT2D eigenvalue weighted by Gasteiger charge is -2.40. The monoisotopic (exact) mass is 402 g/mol. The third kappa shape index (κ3) is 3.61. The maximum Gasteiger partial charge on any atom is 0.254 e. The molecule has 1 atom stereocenters. The highest BCUT2D eigenvalue weighted by Gasteiger charge is 2.34. The van der Waals surface area contributed by atoms with Gasteiger partial charge in [-0.3, -0.25) is 9.59 Å². The smallest absolute Gasteiger partial charge is 0.254 e. The van der Waals surface area contributed by atoms with Crippen molar-refractivity contribution in [1.29, 1.82) is 0 Å². The van der Waals surface area contributed by atoms with E-state index in [0.717, 1.165) is 28.3 Å². The maximum atomic E-state index is 13.1. The van der Waals surface area contributed by atoms with Crippen LogP contribution in [0.1, 0.15) is 34.2 Å². The normalized spacial score (nSPS) is 16.8. The van der Waals surface area contributed by atoms with Crippen LogP contribution in [-0.2, 0) is 4.79 Å². The first-order valence-corrected chi connectivity index (χ1v) is 10.2. The van der Waals surface area contributed by atoms with Crippen molar-refractivity contribution in [3.8, 4) is 5.69 Å². The van der Waals surface area contributed by atoms with Crippen molar-refractivity contribution >= 4 is 17.5 Å². The van der Waals surface area contributed by atoms with Crippen LogP contribution in [0.3, 0.4) is 0 Å². The Labute approximate surface area is 176 Å². The van der Waals surface area contributed by atoms with Gasteiger partial charge in [-0.25, -0.2) is 4.68 Å². The Morgan fingerprint density at radius 3 is 2.33 bits per heavy atom. The van der Waals surface area contributed by atoms with Gasteiger partial charge in [-0.05, 0) is 69.7 Å². The van der Waals surface area contributed by atoms with E-state index in [9.17, 15) is 9.59 Å². The van der Waals surface area contributed by atoms with Crippen LogP contribution in [0.25, 0.3) is 5.69 Å². The number of hydrogen-bond donors (Lipinski definition) is 0. The molecule has 6 heteroatoms. The molecule has 2 aromatic carbocycles. The lowest BCUT2D eigenvalue weighted by molar-refractivity contribution is -0.121. The average Bonchev–Trinajstić information content (AvgIpc) is 3.06. The Bertz CT molecular complexity index is 1100. The zero-order valence-corrected chi connectivity index (χ0v) is 17.8. The van der Waals surface area contributed by atoms with E-state index in [0.29, 0.717) is 12.1 Å². The predicted molar refractivity (Wildman–Crippen MR) is 117 cm³/mol. The van der Waals surface area contributed by atoms with Crippen LogP contribution in [0.15, 0.2) is 54.6 Å². The van der Waals surface area contributed by atoms with E-state index in [1.54, 1.807) is 17.0 Å². The fraction of sp³-hybridized carbons (Fsp3) is 0.292. The quantitative estimate of drug-likeness (QED) is 0.672. The second-order valence-electron chi connectivity index (χ2n) is 7.97. The number of piperazine rings is 1. The third-order valence-corrected chi connectivity index (χ3v) is 5.55. The first-order valence-electron chi connectivity index (χ1n) is 10.2. The van der Waals surface area contributed by atoms with Gasteiger partial charge in [-0.15, -0.1) is 0 Å². The highest BCUT2D eigenvalue weighted by Crippen LogP contribution is 2.25. The molecule has 2 amide bonds. The van der Waals surface area contributed by atoms with Gasteiger partial charge in [-0.1, -0.05) is 18.2 Å². The number of para-hydroxylation sites is 1. The first kappa shape index (κ1) is 19.9. The summed E-state index contributed by atoms with van der Waals surface area (Å²) in [5.74, 6) is -0.185. The molecule has 1 aliphatic heterocycles. The molecule has 1 fully saturated rings. The number of nitrogens with zero attached hydrogens (tertiary/aromatic N) is 4. The lowest BCUT2D eigenvalue weighted by atomic mass is 10.1. The number of carbonyl (C=O) groups is 2. The molecule has 0 radical (unpaired) electrons. The lowest BCUT2D eigenvalue weighted by Crippen LogP contribution is -2.57. The SMILES string of the molecule is Cc1cc(C)n(-c2ccc(C(=O)N3CC(=O)N(c4ccccc4C)C(C)C3)cc2)n1. The van der Waals surface area contributed by atoms with Crippen molar-refractivity contribution < 1.29 is 9.59 Å². The summed E-state index contributed by atoms with van der Waals surface area (Å²) < 4.78 is 1.86. The molecule has 1 saturated heterocycles. The van der Waals surface area contributed by atoms with Gasteiger partial charge in [0.05, 0.1) is 17.4 Å². The van der Waals surface area contributed by atoms with Crippen LogP contribution in [0.5, 0.6) is 0 Å². The summed E-state index contributed by atoms with van der Waals surface area (Å²) in [6.45, 7) is 8.51. The number of aryl methyl sites for hydroxylation is 3. The summed E-state index contributed by atoms with van der Waals surface area (Å²) in [4.78, 5) is 29.4. The van der Waals surface area contributed by atoms with Crippen molar-refractivity contribution in [2.75, 3.05) is 18.0 Å². The summed E-state index contributed by atoms with van der Waals surface area (Å²) >= 11 is 0. The third-order valence-electron chi connectivity index (χ3n) is 5.55. The first-order chi connectivity index (χ1) is 14.3. The van der Waals surface area contributed by atoms with Gasteiger partial charge in [0.1, 0.15) is 6.54 Å². The molecule has 6 nitrogen and oxygen atoms in total. The molecule has 154 valence electrons. The van der Waals surface area contributed by atoms with Gasteiger partial charge in [0.2, 0.25) is 5.91 Å². The minimum Gasteiger partial charge on any atom is -0.327 e. The van der Waals surface area contributed by atoms with E-state index < -0.39 is 0 Å². The Morgan fingerprint density at radius 1 is 1.03 bits per heavy atom. The number of amides is 2. The summed E-state index contributed by atoms with van der Waals surface area (Å²) in [7, 11) is 0. The van der Waals surface area contributed by atoms with E-state index in [1.807, 2.05) is 79.7 Å². The minimum atomic E-state index is -0.125. The topological polar surface area (TPSA) is 58.4 Å². The van der Waals surface area contributed by atoms with Crippen LogP contribution in [0.4, 0.5) is 5.69 Å². The van der Waals surface area contributed by atoms with Crippen molar-refractivity contribution in [2.24, 2.45) is 0 Å². The van der Waals surface area contributed by atoms with E-state index in [4.69, 9.17) is 0 Å². The van der Waals surface area contributed by atoms with Gasteiger partial charge in [0.15, 0.2) is 0 Å².